The summed E-state index contributed by atoms with van der Waals surface area (Å²) in [6, 6.07) is 0. The zero-order valence-electron chi connectivity index (χ0n) is 9.63. The number of aromatic nitrogens is 2. The van der Waals surface area contributed by atoms with Gasteiger partial charge in [0.2, 0.25) is 5.82 Å². The van der Waals surface area contributed by atoms with Gasteiger partial charge in [0.1, 0.15) is 12.3 Å². The molecule has 2 heterocycles. The minimum atomic E-state index is -1.08. The van der Waals surface area contributed by atoms with Crippen molar-refractivity contribution >= 4 is 0 Å². The molecular formula is C10H13FN2O5. The van der Waals surface area contributed by atoms with Crippen molar-refractivity contribution in [2.24, 2.45) is 0 Å². The van der Waals surface area contributed by atoms with Gasteiger partial charge in [0, 0.05) is 13.5 Å². The molecule has 1 saturated heterocycles. The number of nitrogens with one attached hydrogen (secondary N) is 1. The maximum Gasteiger partial charge on any atom is 0.330 e. The summed E-state index contributed by atoms with van der Waals surface area (Å²) in [6.45, 7) is 0.165. The summed E-state index contributed by atoms with van der Waals surface area (Å²) in [5.41, 5.74) is -1.86. The van der Waals surface area contributed by atoms with Crippen LogP contribution in [0, 0.1) is 5.82 Å². The summed E-state index contributed by atoms with van der Waals surface area (Å²) < 4.78 is 24.2. The molecule has 1 aromatic heterocycles. The molecule has 1 fully saturated rings. The Morgan fingerprint density at radius 1 is 1.67 bits per heavy atom. The van der Waals surface area contributed by atoms with Crippen LogP contribution in [0.4, 0.5) is 4.39 Å². The quantitative estimate of drug-likeness (QED) is 0.725. The highest BCUT2D eigenvalue weighted by Crippen LogP contribution is 2.27. The minimum absolute atomic E-state index is 0.124. The highest BCUT2D eigenvalue weighted by molar-refractivity contribution is 4.91. The van der Waals surface area contributed by atoms with Crippen LogP contribution < -0.4 is 11.2 Å². The van der Waals surface area contributed by atoms with Crippen molar-refractivity contribution in [3.8, 4) is 0 Å². The number of hydrogen-bond donors (Lipinski definition) is 2. The van der Waals surface area contributed by atoms with Crippen LogP contribution in [-0.4, -0.2) is 40.6 Å². The van der Waals surface area contributed by atoms with Gasteiger partial charge in [-0.05, 0) is 0 Å². The van der Waals surface area contributed by atoms with E-state index in [1.54, 1.807) is 0 Å². The molecule has 8 heteroatoms. The number of aliphatic hydroxyl groups excluding tert-OH is 1. The Kier molecular flexibility index (Phi) is 3.60. The van der Waals surface area contributed by atoms with Crippen molar-refractivity contribution in [2.45, 2.75) is 24.9 Å². The van der Waals surface area contributed by atoms with E-state index in [2.05, 4.69) is 0 Å². The first-order valence-corrected chi connectivity index (χ1v) is 5.36. The molecule has 1 aliphatic rings. The SMILES string of the molecule is COC[C@H]1O[C@@H](n2cc(F)c(=O)[nH]c2=O)C[C@@H]1O. The third-order valence-corrected chi connectivity index (χ3v) is 2.77. The van der Waals surface area contributed by atoms with Crippen LogP contribution in [0.5, 0.6) is 0 Å². The van der Waals surface area contributed by atoms with Crippen LogP contribution in [0.15, 0.2) is 15.8 Å². The van der Waals surface area contributed by atoms with E-state index in [0.717, 1.165) is 10.8 Å². The van der Waals surface area contributed by atoms with E-state index in [-0.39, 0.29) is 13.0 Å². The summed E-state index contributed by atoms with van der Waals surface area (Å²) in [7, 11) is 1.45. The molecule has 2 rings (SSSR count). The fraction of sp³-hybridized carbons (Fsp3) is 0.600. The average Bonchev–Trinajstić information content (AvgIpc) is 2.66. The van der Waals surface area contributed by atoms with Crippen LogP contribution in [0.25, 0.3) is 0 Å². The minimum Gasteiger partial charge on any atom is -0.390 e. The highest BCUT2D eigenvalue weighted by Gasteiger charge is 2.35. The van der Waals surface area contributed by atoms with Gasteiger partial charge in [0.15, 0.2) is 0 Å². The summed E-state index contributed by atoms with van der Waals surface area (Å²) in [5, 5.41) is 9.68. The zero-order chi connectivity index (χ0) is 13.3. The third-order valence-electron chi connectivity index (χ3n) is 2.77. The number of halogens is 1. The largest absolute Gasteiger partial charge is 0.390 e. The van der Waals surface area contributed by atoms with E-state index in [0.29, 0.717) is 0 Å². The second-order valence-corrected chi connectivity index (χ2v) is 4.03. The summed E-state index contributed by atoms with van der Waals surface area (Å²) >= 11 is 0. The Morgan fingerprint density at radius 3 is 3.06 bits per heavy atom. The normalized spacial score (nSPS) is 27.6. The van der Waals surface area contributed by atoms with Gasteiger partial charge in [-0.25, -0.2) is 4.79 Å². The number of nitrogens with zero attached hydrogens (tertiary/aromatic N) is 1. The van der Waals surface area contributed by atoms with Crippen molar-refractivity contribution in [1.82, 2.24) is 9.55 Å². The fourth-order valence-electron chi connectivity index (χ4n) is 1.87. The van der Waals surface area contributed by atoms with Crippen LogP contribution in [0.3, 0.4) is 0 Å². The predicted octanol–water partition coefficient (Wildman–Crippen LogP) is -1.03. The van der Waals surface area contributed by atoms with E-state index in [1.165, 1.54) is 7.11 Å². The van der Waals surface area contributed by atoms with Gasteiger partial charge in [-0.2, -0.15) is 4.39 Å². The van der Waals surface area contributed by atoms with Crippen molar-refractivity contribution in [3.63, 3.8) is 0 Å². The molecule has 0 aliphatic carbocycles. The van der Waals surface area contributed by atoms with Crippen LogP contribution >= 0.6 is 0 Å². The highest BCUT2D eigenvalue weighted by atomic mass is 19.1. The Balaban J connectivity index is 2.26. The molecular weight excluding hydrogens is 247 g/mol. The van der Waals surface area contributed by atoms with E-state index in [9.17, 15) is 19.1 Å². The molecule has 3 atom stereocenters. The zero-order valence-corrected chi connectivity index (χ0v) is 9.63. The second-order valence-electron chi connectivity index (χ2n) is 4.03. The Morgan fingerprint density at radius 2 is 2.39 bits per heavy atom. The first-order valence-electron chi connectivity index (χ1n) is 5.36. The number of rotatable bonds is 3. The topological polar surface area (TPSA) is 93.5 Å². The van der Waals surface area contributed by atoms with Gasteiger partial charge in [0.25, 0.3) is 5.56 Å². The molecule has 0 aromatic carbocycles. The standard InChI is InChI=1S/C10H13FN2O5/c1-17-4-7-6(14)2-8(18-7)13-3-5(11)9(15)12-10(13)16/h3,6-8,14H,2,4H2,1H3,(H,12,15,16)/t6-,7+,8+/m0/s1. The van der Waals surface area contributed by atoms with E-state index in [1.807, 2.05) is 4.98 Å². The average molecular weight is 260 g/mol. The Labute approximate surface area is 101 Å². The number of aliphatic hydroxyl groups is 1. The maximum absolute atomic E-state index is 13.1. The second kappa shape index (κ2) is 5.01. The van der Waals surface area contributed by atoms with Crippen molar-refractivity contribution < 1.29 is 19.0 Å². The third kappa shape index (κ3) is 2.35. The smallest absolute Gasteiger partial charge is 0.330 e. The molecule has 0 bridgehead atoms. The van der Waals surface area contributed by atoms with E-state index in [4.69, 9.17) is 9.47 Å². The van der Waals surface area contributed by atoms with E-state index < -0.39 is 35.5 Å². The summed E-state index contributed by atoms with van der Waals surface area (Å²) in [5.74, 6) is -1.08. The lowest BCUT2D eigenvalue weighted by Gasteiger charge is -2.15. The number of H-pyrrole nitrogens is 1. The molecule has 18 heavy (non-hydrogen) atoms. The van der Waals surface area contributed by atoms with Crippen molar-refractivity contribution in [3.05, 3.63) is 32.9 Å². The number of aromatic amines is 1. The lowest BCUT2D eigenvalue weighted by atomic mass is 10.2. The molecule has 0 radical (unpaired) electrons. The molecule has 100 valence electrons. The Bertz CT molecular complexity index is 540. The molecule has 0 spiro atoms. The monoisotopic (exact) mass is 260 g/mol. The number of methoxy groups -OCH3 is 1. The molecule has 1 aliphatic heterocycles. The summed E-state index contributed by atoms with van der Waals surface area (Å²) in [4.78, 5) is 24.2. The predicted molar refractivity (Wildman–Crippen MR) is 57.7 cm³/mol. The molecule has 1 aromatic rings. The van der Waals surface area contributed by atoms with Gasteiger partial charge in [0.05, 0.1) is 18.9 Å². The van der Waals surface area contributed by atoms with Crippen LogP contribution in [0.1, 0.15) is 12.6 Å². The molecule has 0 unspecified atom stereocenters. The van der Waals surface area contributed by atoms with Crippen LogP contribution in [-0.2, 0) is 9.47 Å². The summed E-state index contributed by atoms with van der Waals surface area (Å²) in [6.07, 6.45) is -1.31. The number of hydrogen-bond acceptors (Lipinski definition) is 5. The Hall–Kier alpha value is -1.51. The van der Waals surface area contributed by atoms with Crippen molar-refractivity contribution in [1.29, 1.82) is 0 Å². The first kappa shape index (κ1) is 12.9. The first-order chi connectivity index (χ1) is 8.52. The molecule has 2 N–H and O–H groups in total. The molecule has 0 amide bonds. The van der Waals surface area contributed by atoms with E-state index >= 15 is 0 Å². The van der Waals surface area contributed by atoms with Gasteiger partial charge in [-0.15, -0.1) is 0 Å². The lowest BCUT2D eigenvalue weighted by molar-refractivity contribution is -0.0549. The lowest BCUT2D eigenvalue weighted by Crippen LogP contribution is -2.34. The fourth-order valence-corrected chi connectivity index (χ4v) is 1.87. The van der Waals surface area contributed by atoms with Crippen LogP contribution in [0.2, 0.25) is 0 Å². The maximum atomic E-state index is 13.1. The van der Waals surface area contributed by atoms with Gasteiger partial charge < -0.3 is 14.6 Å². The van der Waals surface area contributed by atoms with Gasteiger partial charge in [-0.1, -0.05) is 0 Å². The molecule has 0 saturated carbocycles. The van der Waals surface area contributed by atoms with Gasteiger partial charge >= 0.3 is 5.69 Å². The molecule has 7 nitrogen and oxygen atoms in total. The van der Waals surface area contributed by atoms with Gasteiger partial charge in [-0.3, -0.25) is 14.3 Å². The number of ether oxygens (including phenoxy) is 2. The van der Waals surface area contributed by atoms with Crippen molar-refractivity contribution in [2.75, 3.05) is 13.7 Å².